The Morgan fingerprint density at radius 3 is 2.59 bits per heavy atom. The van der Waals surface area contributed by atoms with Crippen LogP contribution in [0.1, 0.15) is 31.2 Å². The van der Waals surface area contributed by atoms with E-state index in [2.05, 4.69) is 5.32 Å². The number of methoxy groups -OCH3 is 1. The summed E-state index contributed by atoms with van der Waals surface area (Å²) >= 11 is 0. The molecule has 0 radical (unpaired) electrons. The predicted octanol–water partition coefficient (Wildman–Crippen LogP) is 2.46. The van der Waals surface area contributed by atoms with Crippen molar-refractivity contribution in [2.45, 2.75) is 32.1 Å². The molecule has 4 nitrogen and oxygen atoms in total. The summed E-state index contributed by atoms with van der Waals surface area (Å²) in [6, 6.07) is 5.90. The van der Waals surface area contributed by atoms with Gasteiger partial charge in [-0.1, -0.05) is 25.0 Å². The van der Waals surface area contributed by atoms with Crippen LogP contribution in [0, 0.1) is 17.7 Å². The predicted molar refractivity (Wildman–Crippen MR) is 80.6 cm³/mol. The lowest BCUT2D eigenvalue weighted by Gasteiger charge is -2.29. The average Bonchev–Trinajstić information content (AvgIpc) is 2.54. The third-order valence-corrected chi connectivity index (χ3v) is 4.25. The van der Waals surface area contributed by atoms with Crippen LogP contribution in [0.15, 0.2) is 24.3 Å². The molecule has 1 saturated carbocycles. The fourth-order valence-corrected chi connectivity index (χ4v) is 3.01. The van der Waals surface area contributed by atoms with Crippen LogP contribution in [0.2, 0.25) is 0 Å². The minimum absolute atomic E-state index is 0.110. The van der Waals surface area contributed by atoms with E-state index in [9.17, 15) is 14.0 Å². The molecule has 1 aliphatic rings. The lowest BCUT2D eigenvalue weighted by atomic mass is 9.79. The average molecular weight is 307 g/mol. The quantitative estimate of drug-likeness (QED) is 0.850. The van der Waals surface area contributed by atoms with Gasteiger partial charge in [-0.05, 0) is 36.5 Å². The molecule has 1 fully saturated rings. The van der Waals surface area contributed by atoms with Gasteiger partial charge in [0, 0.05) is 6.54 Å². The summed E-state index contributed by atoms with van der Waals surface area (Å²) in [7, 11) is 1.40. The maximum atomic E-state index is 12.8. The maximum Gasteiger partial charge on any atom is 0.309 e. The molecule has 0 spiro atoms. The Labute approximate surface area is 130 Å². The second kappa shape index (κ2) is 7.92. The van der Waals surface area contributed by atoms with Gasteiger partial charge in [0.15, 0.2) is 0 Å². The second-order valence-corrected chi connectivity index (χ2v) is 5.78. The van der Waals surface area contributed by atoms with Gasteiger partial charge in [-0.3, -0.25) is 9.59 Å². The van der Waals surface area contributed by atoms with Gasteiger partial charge in [-0.15, -0.1) is 0 Å². The first-order chi connectivity index (χ1) is 10.6. The van der Waals surface area contributed by atoms with E-state index >= 15 is 0 Å². The van der Waals surface area contributed by atoms with E-state index < -0.39 is 0 Å². The molecule has 0 heterocycles. The summed E-state index contributed by atoms with van der Waals surface area (Å²) in [5.41, 5.74) is 0.770. The van der Waals surface area contributed by atoms with Crippen LogP contribution in [0.5, 0.6) is 0 Å². The Kier molecular flexibility index (Phi) is 5.92. The second-order valence-electron chi connectivity index (χ2n) is 5.78. The first-order valence-corrected chi connectivity index (χ1v) is 7.69. The molecule has 2 unspecified atom stereocenters. The minimum Gasteiger partial charge on any atom is -0.469 e. The highest BCUT2D eigenvalue weighted by Gasteiger charge is 2.31. The van der Waals surface area contributed by atoms with Crippen molar-refractivity contribution in [2.75, 3.05) is 13.7 Å². The number of hydrogen-bond donors (Lipinski definition) is 1. The molecule has 1 N–H and O–H groups in total. The number of esters is 1. The molecule has 0 aliphatic heterocycles. The molecular weight excluding hydrogens is 285 g/mol. The van der Waals surface area contributed by atoms with Gasteiger partial charge in [0.25, 0.3) is 0 Å². The zero-order valence-corrected chi connectivity index (χ0v) is 12.8. The number of benzene rings is 1. The standard InChI is InChI=1S/C17H22FNO3/c1-22-17(21)15-5-3-2-4-13(15)11-19-16(20)10-12-6-8-14(18)9-7-12/h6-9,13,15H,2-5,10-11H2,1H3,(H,19,20). The monoisotopic (exact) mass is 307 g/mol. The van der Waals surface area contributed by atoms with E-state index in [4.69, 9.17) is 4.74 Å². The van der Waals surface area contributed by atoms with E-state index in [1.165, 1.54) is 19.2 Å². The van der Waals surface area contributed by atoms with Gasteiger partial charge in [-0.2, -0.15) is 0 Å². The van der Waals surface area contributed by atoms with Gasteiger partial charge >= 0.3 is 5.97 Å². The van der Waals surface area contributed by atoms with Gasteiger partial charge in [-0.25, -0.2) is 4.39 Å². The molecular formula is C17H22FNO3. The van der Waals surface area contributed by atoms with E-state index in [0.717, 1.165) is 31.2 Å². The minimum atomic E-state index is -0.313. The van der Waals surface area contributed by atoms with Gasteiger partial charge < -0.3 is 10.1 Å². The fraction of sp³-hybridized carbons (Fsp3) is 0.529. The van der Waals surface area contributed by atoms with Crippen molar-refractivity contribution in [1.82, 2.24) is 5.32 Å². The van der Waals surface area contributed by atoms with Crippen molar-refractivity contribution >= 4 is 11.9 Å². The van der Waals surface area contributed by atoms with Gasteiger partial charge in [0.2, 0.25) is 5.91 Å². The lowest BCUT2D eigenvalue weighted by molar-refractivity contribution is -0.148. The Bertz CT molecular complexity index is 515. The Hall–Kier alpha value is -1.91. The van der Waals surface area contributed by atoms with Crippen LogP contribution in [-0.4, -0.2) is 25.5 Å². The number of halogens is 1. The van der Waals surface area contributed by atoms with Crippen molar-refractivity contribution < 1.29 is 18.7 Å². The van der Waals surface area contributed by atoms with Crippen LogP contribution >= 0.6 is 0 Å². The molecule has 1 aliphatic carbocycles. The number of ether oxygens (including phenoxy) is 1. The number of carbonyl (C=O) groups is 2. The van der Waals surface area contributed by atoms with Crippen LogP contribution in [0.4, 0.5) is 4.39 Å². The molecule has 2 atom stereocenters. The van der Waals surface area contributed by atoms with Crippen molar-refractivity contribution in [1.29, 1.82) is 0 Å². The lowest BCUT2D eigenvalue weighted by Crippen LogP contribution is -2.38. The topological polar surface area (TPSA) is 55.4 Å². The molecule has 22 heavy (non-hydrogen) atoms. The summed E-state index contributed by atoms with van der Waals surface area (Å²) in [5, 5.41) is 2.88. The summed E-state index contributed by atoms with van der Waals surface area (Å²) < 4.78 is 17.7. The smallest absolute Gasteiger partial charge is 0.309 e. The largest absolute Gasteiger partial charge is 0.469 e. The van der Waals surface area contributed by atoms with E-state index in [1.807, 2.05) is 0 Å². The molecule has 0 saturated heterocycles. The number of hydrogen-bond acceptors (Lipinski definition) is 3. The molecule has 1 aromatic rings. The fourth-order valence-electron chi connectivity index (χ4n) is 3.01. The van der Waals surface area contributed by atoms with Crippen LogP contribution in [0.25, 0.3) is 0 Å². The van der Waals surface area contributed by atoms with E-state index in [-0.39, 0.29) is 36.0 Å². The highest BCUT2D eigenvalue weighted by molar-refractivity contribution is 5.78. The van der Waals surface area contributed by atoms with E-state index in [1.54, 1.807) is 12.1 Å². The third kappa shape index (κ3) is 4.55. The highest BCUT2D eigenvalue weighted by atomic mass is 19.1. The number of nitrogens with one attached hydrogen (secondary N) is 1. The normalized spacial score (nSPS) is 21.2. The summed E-state index contributed by atoms with van der Waals surface area (Å²) in [4.78, 5) is 23.7. The van der Waals surface area contributed by atoms with Crippen molar-refractivity contribution in [3.63, 3.8) is 0 Å². The molecule has 2 rings (SSSR count). The van der Waals surface area contributed by atoms with E-state index in [0.29, 0.717) is 6.54 Å². The molecule has 0 aromatic heterocycles. The third-order valence-electron chi connectivity index (χ3n) is 4.25. The molecule has 1 aromatic carbocycles. The highest BCUT2D eigenvalue weighted by Crippen LogP contribution is 2.30. The van der Waals surface area contributed by atoms with Crippen molar-refractivity contribution in [3.8, 4) is 0 Å². The molecule has 1 amide bonds. The Morgan fingerprint density at radius 2 is 1.91 bits per heavy atom. The van der Waals surface area contributed by atoms with Crippen LogP contribution in [0.3, 0.4) is 0 Å². The zero-order chi connectivity index (χ0) is 15.9. The summed E-state index contributed by atoms with van der Waals surface area (Å²) in [5.74, 6) is -0.589. The Balaban J connectivity index is 1.83. The van der Waals surface area contributed by atoms with Gasteiger partial charge in [0.05, 0.1) is 19.4 Å². The number of carbonyl (C=O) groups excluding carboxylic acids is 2. The molecule has 120 valence electrons. The van der Waals surface area contributed by atoms with Gasteiger partial charge in [0.1, 0.15) is 5.82 Å². The van der Waals surface area contributed by atoms with Crippen molar-refractivity contribution in [2.24, 2.45) is 11.8 Å². The first-order valence-electron chi connectivity index (χ1n) is 7.69. The number of amides is 1. The Morgan fingerprint density at radius 1 is 1.23 bits per heavy atom. The summed E-state index contributed by atoms with van der Waals surface area (Å²) in [6.45, 7) is 0.486. The maximum absolute atomic E-state index is 12.8. The molecule has 0 bridgehead atoms. The van der Waals surface area contributed by atoms with Crippen LogP contribution < -0.4 is 5.32 Å². The number of rotatable bonds is 5. The first kappa shape index (κ1) is 16.5. The van der Waals surface area contributed by atoms with Crippen molar-refractivity contribution in [3.05, 3.63) is 35.6 Å². The summed E-state index contributed by atoms with van der Waals surface area (Å²) in [6.07, 6.45) is 4.07. The molecule has 5 heteroatoms. The van der Waals surface area contributed by atoms with Crippen LogP contribution in [-0.2, 0) is 20.7 Å². The SMILES string of the molecule is COC(=O)C1CCCCC1CNC(=O)Cc1ccc(F)cc1. The zero-order valence-electron chi connectivity index (χ0n) is 12.8.